The molecule has 4 aromatic rings. The van der Waals surface area contributed by atoms with E-state index in [2.05, 4.69) is 11.4 Å². The van der Waals surface area contributed by atoms with Crippen molar-refractivity contribution in [1.29, 1.82) is 0 Å². The molecule has 31 heavy (non-hydrogen) atoms. The lowest BCUT2D eigenvalue weighted by molar-refractivity contribution is 0.0880. The molecule has 0 saturated carbocycles. The summed E-state index contributed by atoms with van der Waals surface area (Å²) in [4.78, 5) is 36.7. The Hall–Kier alpha value is -4.39. The van der Waals surface area contributed by atoms with E-state index in [0.717, 1.165) is 33.7 Å². The number of nitrogens with one attached hydrogen (secondary N) is 1. The summed E-state index contributed by atoms with van der Waals surface area (Å²) >= 11 is 0. The zero-order chi connectivity index (χ0) is 21.7. The van der Waals surface area contributed by atoms with Gasteiger partial charge in [-0.3, -0.25) is 24.3 Å². The summed E-state index contributed by atoms with van der Waals surface area (Å²) in [5.74, 6) is -0.491. The third-order valence-electron chi connectivity index (χ3n) is 5.44. The number of imide groups is 1. The number of aromatic nitrogens is 1. The normalized spacial score (nSPS) is 12.7. The van der Waals surface area contributed by atoms with Crippen LogP contribution >= 0.6 is 0 Å². The van der Waals surface area contributed by atoms with Crippen LogP contribution in [-0.2, 0) is 0 Å². The van der Waals surface area contributed by atoms with Crippen LogP contribution in [0.4, 0.5) is 5.82 Å². The number of benzene rings is 3. The third kappa shape index (κ3) is 2.95. The summed E-state index contributed by atoms with van der Waals surface area (Å²) in [6, 6.07) is 20.3. The van der Waals surface area contributed by atoms with Gasteiger partial charge in [-0.25, -0.2) is 0 Å². The maximum absolute atomic E-state index is 12.7. The maximum atomic E-state index is 12.7. The van der Waals surface area contributed by atoms with Crippen LogP contribution in [0.1, 0.15) is 20.7 Å². The molecule has 1 aliphatic rings. The summed E-state index contributed by atoms with van der Waals surface area (Å²) in [6.45, 7) is 0. The molecule has 0 fully saturated rings. The number of nitrogens with two attached hydrogens (primary N) is 1. The van der Waals surface area contributed by atoms with Crippen LogP contribution in [0.25, 0.3) is 27.6 Å². The number of nitrogens with zero attached hydrogens (tertiary/aromatic N) is 1. The lowest BCUT2D eigenvalue weighted by Gasteiger charge is -2.13. The molecule has 0 spiro atoms. The molecule has 0 radical (unpaired) electrons. The van der Waals surface area contributed by atoms with Crippen molar-refractivity contribution >= 4 is 28.4 Å². The number of rotatable bonds is 3. The van der Waals surface area contributed by atoms with Crippen molar-refractivity contribution in [2.45, 2.75) is 0 Å². The molecular formula is C24H17N3O4. The molecule has 2 heterocycles. The Bertz CT molecular complexity index is 1470. The molecule has 1 aliphatic heterocycles. The van der Waals surface area contributed by atoms with Gasteiger partial charge in [0.25, 0.3) is 17.4 Å². The maximum Gasteiger partial charge on any atom is 0.262 e. The molecule has 152 valence electrons. The highest BCUT2D eigenvalue weighted by Gasteiger charge is 2.31. The van der Waals surface area contributed by atoms with E-state index in [9.17, 15) is 14.4 Å². The molecule has 2 amide bonds. The van der Waals surface area contributed by atoms with Crippen molar-refractivity contribution < 1.29 is 14.3 Å². The van der Waals surface area contributed by atoms with Gasteiger partial charge in [0.2, 0.25) is 0 Å². The fourth-order valence-corrected chi connectivity index (χ4v) is 3.90. The molecule has 3 N–H and O–H groups in total. The van der Waals surface area contributed by atoms with E-state index in [1.807, 2.05) is 48.5 Å². The minimum atomic E-state index is -0.613. The van der Waals surface area contributed by atoms with Gasteiger partial charge >= 0.3 is 0 Å². The molecule has 0 atom stereocenters. The second kappa shape index (κ2) is 6.84. The van der Waals surface area contributed by atoms with Crippen molar-refractivity contribution in [2.24, 2.45) is 0 Å². The Morgan fingerprint density at radius 2 is 1.58 bits per heavy atom. The second-order valence-electron chi connectivity index (χ2n) is 7.25. The van der Waals surface area contributed by atoms with Gasteiger partial charge in [-0.15, -0.1) is 0 Å². The number of hydrogen-bond acceptors (Lipinski definition) is 5. The van der Waals surface area contributed by atoms with Crippen LogP contribution < -0.4 is 21.3 Å². The van der Waals surface area contributed by atoms with E-state index in [1.165, 1.54) is 4.57 Å². The SMILES string of the molecule is COc1ccc2cc(-c3cccc(-n4c(N)c5c(cc4=O)C(=O)NC5=O)c3)ccc2c1. The van der Waals surface area contributed by atoms with Crippen molar-refractivity contribution in [3.63, 3.8) is 0 Å². The zero-order valence-electron chi connectivity index (χ0n) is 16.5. The van der Waals surface area contributed by atoms with Crippen molar-refractivity contribution in [1.82, 2.24) is 9.88 Å². The van der Waals surface area contributed by atoms with Gasteiger partial charge in [0.05, 0.1) is 23.9 Å². The van der Waals surface area contributed by atoms with Gasteiger partial charge in [0.1, 0.15) is 11.6 Å². The van der Waals surface area contributed by atoms with E-state index in [-0.39, 0.29) is 16.9 Å². The number of nitrogen functional groups attached to an aromatic ring is 1. The first kappa shape index (κ1) is 18.6. The first-order valence-electron chi connectivity index (χ1n) is 9.56. The third-order valence-corrected chi connectivity index (χ3v) is 5.44. The quantitative estimate of drug-likeness (QED) is 0.504. The number of carbonyl (C=O) groups excluding carboxylic acids is 2. The number of anilines is 1. The second-order valence-corrected chi connectivity index (χ2v) is 7.25. The summed E-state index contributed by atoms with van der Waals surface area (Å²) in [5.41, 5.74) is 8.03. The first-order chi connectivity index (χ1) is 15.0. The lowest BCUT2D eigenvalue weighted by atomic mass is 10.0. The van der Waals surface area contributed by atoms with Crippen LogP contribution in [0.5, 0.6) is 5.75 Å². The number of hydrogen-bond donors (Lipinski definition) is 2. The molecule has 1 aromatic heterocycles. The van der Waals surface area contributed by atoms with E-state index in [4.69, 9.17) is 10.5 Å². The number of ether oxygens (including phenoxy) is 1. The minimum absolute atomic E-state index is 0.00450. The van der Waals surface area contributed by atoms with Gasteiger partial charge in [0, 0.05) is 6.07 Å². The molecule has 0 unspecified atom stereocenters. The zero-order valence-corrected chi connectivity index (χ0v) is 16.5. The Balaban J connectivity index is 1.63. The first-order valence-corrected chi connectivity index (χ1v) is 9.56. The standard InChI is InChI=1S/C24H17N3O4/c1-31-18-8-7-15-9-14(5-6-16(15)11-18)13-3-2-4-17(10-13)27-20(28)12-19-21(22(27)25)24(30)26-23(19)29/h2-12H,25H2,1H3,(H,26,29,30). The van der Waals surface area contributed by atoms with Crippen LogP contribution in [-0.4, -0.2) is 23.5 Å². The molecule has 5 rings (SSSR count). The van der Waals surface area contributed by atoms with Gasteiger partial charge in [0.15, 0.2) is 0 Å². The highest BCUT2D eigenvalue weighted by atomic mass is 16.5. The van der Waals surface area contributed by atoms with Gasteiger partial charge in [-0.05, 0) is 52.2 Å². The highest BCUT2D eigenvalue weighted by molar-refractivity contribution is 6.23. The average Bonchev–Trinajstić information content (AvgIpc) is 3.06. The fraction of sp³-hybridized carbons (Fsp3) is 0.0417. The predicted molar refractivity (Wildman–Crippen MR) is 118 cm³/mol. The van der Waals surface area contributed by atoms with E-state index in [1.54, 1.807) is 13.2 Å². The molecule has 7 nitrogen and oxygen atoms in total. The lowest BCUT2D eigenvalue weighted by Crippen LogP contribution is -2.24. The molecule has 0 saturated heterocycles. The van der Waals surface area contributed by atoms with Gasteiger partial charge in [-0.1, -0.05) is 30.3 Å². The number of methoxy groups -OCH3 is 1. The predicted octanol–water partition coefficient (Wildman–Crippen LogP) is 3.13. The number of fused-ring (bicyclic) bond motifs is 2. The van der Waals surface area contributed by atoms with Crippen molar-refractivity contribution in [3.8, 4) is 22.6 Å². The van der Waals surface area contributed by atoms with E-state index >= 15 is 0 Å². The van der Waals surface area contributed by atoms with Gasteiger partial charge in [-0.2, -0.15) is 0 Å². The highest BCUT2D eigenvalue weighted by Crippen LogP contribution is 2.29. The summed E-state index contributed by atoms with van der Waals surface area (Å²) < 4.78 is 6.52. The minimum Gasteiger partial charge on any atom is -0.497 e. The Morgan fingerprint density at radius 3 is 2.39 bits per heavy atom. The number of carbonyl (C=O) groups is 2. The van der Waals surface area contributed by atoms with Crippen molar-refractivity contribution in [2.75, 3.05) is 12.8 Å². The Morgan fingerprint density at radius 1 is 0.839 bits per heavy atom. The smallest absolute Gasteiger partial charge is 0.262 e. The summed E-state index contributed by atoms with van der Waals surface area (Å²) in [5, 5.41) is 4.27. The van der Waals surface area contributed by atoms with Gasteiger partial charge < -0.3 is 10.5 Å². The topological polar surface area (TPSA) is 103 Å². The Kier molecular flexibility index (Phi) is 4.11. The average molecular weight is 411 g/mol. The number of amides is 2. The van der Waals surface area contributed by atoms with Crippen LogP contribution in [0.3, 0.4) is 0 Å². The molecular weight excluding hydrogens is 394 g/mol. The monoisotopic (exact) mass is 411 g/mol. The molecule has 7 heteroatoms. The molecule has 0 bridgehead atoms. The summed E-state index contributed by atoms with van der Waals surface area (Å²) in [6.07, 6.45) is 0. The van der Waals surface area contributed by atoms with Crippen LogP contribution in [0.2, 0.25) is 0 Å². The fourth-order valence-electron chi connectivity index (χ4n) is 3.90. The number of pyridine rings is 1. The molecule has 0 aliphatic carbocycles. The van der Waals surface area contributed by atoms with Crippen LogP contribution in [0.15, 0.2) is 71.5 Å². The summed E-state index contributed by atoms with van der Waals surface area (Å²) in [7, 11) is 1.63. The largest absolute Gasteiger partial charge is 0.497 e. The van der Waals surface area contributed by atoms with Crippen LogP contribution in [0, 0.1) is 0 Å². The van der Waals surface area contributed by atoms with Crippen molar-refractivity contribution in [3.05, 3.63) is 88.2 Å². The molecule has 3 aromatic carbocycles. The van der Waals surface area contributed by atoms with E-state index < -0.39 is 17.4 Å². The van der Waals surface area contributed by atoms with E-state index in [0.29, 0.717) is 5.69 Å². The Labute approximate surface area is 176 Å².